The van der Waals surface area contributed by atoms with E-state index in [2.05, 4.69) is 5.32 Å². The molecule has 4 nitrogen and oxygen atoms in total. The monoisotopic (exact) mass is 283 g/mol. The van der Waals surface area contributed by atoms with Crippen LogP contribution in [0.5, 0.6) is 11.5 Å². The Morgan fingerprint density at radius 2 is 1.62 bits per heavy atom. The van der Waals surface area contributed by atoms with Crippen LogP contribution in [0.1, 0.15) is 12.5 Å². The molecule has 1 aliphatic rings. The number of fused-ring (bicyclic) bond motifs is 1. The van der Waals surface area contributed by atoms with Crippen molar-refractivity contribution in [1.82, 2.24) is 5.32 Å². The molecule has 1 amide bonds. The fourth-order valence-electron chi connectivity index (χ4n) is 2.29. The lowest BCUT2D eigenvalue weighted by Crippen LogP contribution is -2.48. The van der Waals surface area contributed by atoms with Gasteiger partial charge in [-0.25, -0.2) is 0 Å². The highest BCUT2D eigenvalue weighted by molar-refractivity contribution is 5.82. The molecule has 4 heteroatoms. The Hall–Kier alpha value is -2.49. The molecule has 3 rings (SSSR count). The van der Waals surface area contributed by atoms with Crippen LogP contribution in [0.15, 0.2) is 54.6 Å². The number of carbonyl (C=O) groups excluding carboxylic acids is 1. The fourth-order valence-corrected chi connectivity index (χ4v) is 2.29. The Kier molecular flexibility index (Phi) is 3.77. The highest BCUT2D eigenvalue weighted by Crippen LogP contribution is 2.33. The van der Waals surface area contributed by atoms with Gasteiger partial charge in [0.2, 0.25) is 6.10 Å². The van der Waals surface area contributed by atoms with E-state index in [0.29, 0.717) is 18.0 Å². The van der Waals surface area contributed by atoms with Crippen molar-refractivity contribution in [2.75, 3.05) is 0 Å². The molecule has 1 N–H and O–H groups in total. The van der Waals surface area contributed by atoms with E-state index in [-0.39, 0.29) is 12.0 Å². The molecule has 1 aliphatic heterocycles. The molecule has 0 spiro atoms. The zero-order chi connectivity index (χ0) is 14.7. The summed E-state index contributed by atoms with van der Waals surface area (Å²) >= 11 is 0. The maximum atomic E-state index is 12.3. The normalized spacial score (nSPS) is 19.9. The predicted octanol–water partition coefficient (Wildman–Crippen LogP) is 2.53. The van der Waals surface area contributed by atoms with Crippen LogP contribution in [0.25, 0.3) is 0 Å². The Morgan fingerprint density at radius 1 is 1.00 bits per heavy atom. The second kappa shape index (κ2) is 5.87. The minimum absolute atomic E-state index is 0.166. The quantitative estimate of drug-likeness (QED) is 0.941. The van der Waals surface area contributed by atoms with Crippen molar-refractivity contribution < 1.29 is 14.3 Å². The molecule has 108 valence electrons. The molecule has 0 bridgehead atoms. The molecule has 2 aromatic carbocycles. The van der Waals surface area contributed by atoms with Crippen LogP contribution in [-0.2, 0) is 11.3 Å². The molecular formula is C17H17NO3. The van der Waals surface area contributed by atoms with Crippen LogP contribution in [0.3, 0.4) is 0 Å². The molecule has 2 unspecified atom stereocenters. The summed E-state index contributed by atoms with van der Waals surface area (Å²) in [4.78, 5) is 12.3. The second-order valence-corrected chi connectivity index (χ2v) is 5.01. The number of benzene rings is 2. The standard InChI is InChI=1S/C17H17NO3/c1-12-16(21-15-10-6-5-9-14(15)20-12)17(19)18-11-13-7-3-2-4-8-13/h2-10,12,16H,11H2,1H3,(H,18,19). The number of para-hydroxylation sites is 2. The number of hydrogen-bond donors (Lipinski definition) is 1. The number of amides is 1. The smallest absolute Gasteiger partial charge is 0.265 e. The summed E-state index contributed by atoms with van der Waals surface area (Å²) in [6, 6.07) is 17.2. The zero-order valence-corrected chi connectivity index (χ0v) is 11.8. The van der Waals surface area contributed by atoms with E-state index in [1.807, 2.05) is 55.5 Å². The summed E-state index contributed by atoms with van der Waals surface area (Å²) in [5.41, 5.74) is 1.05. The Morgan fingerprint density at radius 3 is 2.33 bits per heavy atom. The summed E-state index contributed by atoms with van der Waals surface area (Å²) in [5, 5.41) is 2.89. The summed E-state index contributed by atoms with van der Waals surface area (Å²) in [6.45, 7) is 2.32. The van der Waals surface area contributed by atoms with E-state index in [0.717, 1.165) is 5.56 Å². The summed E-state index contributed by atoms with van der Waals surface area (Å²) in [6.07, 6.45) is -0.959. The summed E-state index contributed by atoms with van der Waals surface area (Å²) in [7, 11) is 0. The van der Waals surface area contributed by atoms with Gasteiger partial charge in [-0.05, 0) is 24.6 Å². The van der Waals surface area contributed by atoms with Gasteiger partial charge in [0.25, 0.3) is 5.91 Å². The van der Waals surface area contributed by atoms with E-state index in [1.165, 1.54) is 0 Å². The Labute approximate surface area is 123 Å². The third-order valence-electron chi connectivity index (χ3n) is 3.41. The van der Waals surface area contributed by atoms with E-state index >= 15 is 0 Å². The molecule has 0 radical (unpaired) electrons. The first kappa shape index (κ1) is 13.5. The van der Waals surface area contributed by atoms with E-state index < -0.39 is 6.10 Å². The average molecular weight is 283 g/mol. The van der Waals surface area contributed by atoms with Gasteiger partial charge in [0.05, 0.1) is 0 Å². The van der Waals surface area contributed by atoms with Crippen molar-refractivity contribution in [1.29, 1.82) is 0 Å². The molecule has 2 aromatic rings. The first-order valence-corrected chi connectivity index (χ1v) is 6.98. The molecule has 0 saturated heterocycles. The third kappa shape index (κ3) is 2.99. The van der Waals surface area contributed by atoms with Gasteiger partial charge in [-0.3, -0.25) is 4.79 Å². The van der Waals surface area contributed by atoms with Crippen LogP contribution in [0, 0.1) is 0 Å². The zero-order valence-electron chi connectivity index (χ0n) is 11.8. The van der Waals surface area contributed by atoms with Crippen LogP contribution in [0.4, 0.5) is 0 Å². The van der Waals surface area contributed by atoms with Crippen molar-refractivity contribution in [2.45, 2.75) is 25.7 Å². The molecule has 21 heavy (non-hydrogen) atoms. The van der Waals surface area contributed by atoms with Crippen LogP contribution < -0.4 is 14.8 Å². The fraction of sp³-hybridized carbons (Fsp3) is 0.235. The maximum Gasteiger partial charge on any atom is 0.265 e. The molecule has 0 fully saturated rings. The lowest BCUT2D eigenvalue weighted by Gasteiger charge is -2.31. The highest BCUT2D eigenvalue weighted by atomic mass is 16.6. The van der Waals surface area contributed by atoms with Crippen LogP contribution in [-0.4, -0.2) is 18.1 Å². The molecule has 1 heterocycles. The van der Waals surface area contributed by atoms with E-state index in [9.17, 15) is 4.79 Å². The highest BCUT2D eigenvalue weighted by Gasteiger charge is 2.33. The maximum absolute atomic E-state index is 12.3. The number of carbonyl (C=O) groups is 1. The molecule has 0 aliphatic carbocycles. The van der Waals surface area contributed by atoms with Gasteiger partial charge in [0.15, 0.2) is 11.5 Å². The lowest BCUT2D eigenvalue weighted by molar-refractivity contribution is -0.133. The molecular weight excluding hydrogens is 266 g/mol. The Bertz CT molecular complexity index is 627. The SMILES string of the molecule is CC1Oc2ccccc2OC1C(=O)NCc1ccccc1. The number of rotatable bonds is 3. The van der Waals surface area contributed by atoms with E-state index in [4.69, 9.17) is 9.47 Å². The van der Waals surface area contributed by atoms with E-state index in [1.54, 1.807) is 6.07 Å². The number of nitrogens with one attached hydrogen (secondary N) is 1. The lowest BCUT2D eigenvalue weighted by atomic mass is 10.1. The Balaban J connectivity index is 1.65. The van der Waals surface area contributed by atoms with Gasteiger partial charge in [-0.2, -0.15) is 0 Å². The molecule has 2 atom stereocenters. The second-order valence-electron chi connectivity index (χ2n) is 5.01. The van der Waals surface area contributed by atoms with Crippen LogP contribution in [0.2, 0.25) is 0 Å². The number of ether oxygens (including phenoxy) is 2. The largest absolute Gasteiger partial charge is 0.482 e. The van der Waals surface area contributed by atoms with Gasteiger partial charge in [-0.15, -0.1) is 0 Å². The van der Waals surface area contributed by atoms with Crippen molar-refractivity contribution >= 4 is 5.91 Å². The van der Waals surface area contributed by atoms with Crippen LogP contribution >= 0.6 is 0 Å². The predicted molar refractivity (Wildman–Crippen MR) is 79.2 cm³/mol. The third-order valence-corrected chi connectivity index (χ3v) is 3.41. The van der Waals surface area contributed by atoms with Crippen molar-refractivity contribution in [3.63, 3.8) is 0 Å². The summed E-state index contributed by atoms with van der Waals surface area (Å²) in [5.74, 6) is 1.12. The minimum atomic E-state index is -0.636. The first-order valence-electron chi connectivity index (χ1n) is 6.98. The number of hydrogen-bond acceptors (Lipinski definition) is 3. The molecule has 0 saturated carbocycles. The van der Waals surface area contributed by atoms with Crippen molar-refractivity contribution in [3.05, 3.63) is 60.2 Å². The van der Waals surface area contributed by atoms with Gasteiger partial charge in [0, 0.05) is 6.54 Å². The first-order chi connectivity index (χ1) is 10.2. The average Bonchev–Trinajstić information content (AvgIpc) is 2.53. The van der Waals surface area contributed by atoms with Gasteiger partial charge in [-0.1, -0.05) is 42.5 Å². The van der Waals surface area contributed by atoms with Gasteiger partial charge < -0.3 is 14.8 Å². The topological polar surface area (TPSA) is 47.6 Å². The summed E-state index contributed by atoms with van der Waals surface area (Å²) < 4.78 is 11.5. The van der Waals surface area contributed by atoms with Gasteiger partial charge >= 0.3 is 0 Å². The van der Waals surface area contributed by atoms with Crippen molar-refractivity contribution in [3.8, 4) is 11.5 Å². The van der Waals surface area contributed by atoms with Crippen molar-refractivity contribution in [2.24, 2.45) is 0 Å². The van der Waals surface area contributed by atoms with Gasteiger partial charge in [0.1, 0.15) is 6.10 Å². The minimum Gasteiger partial charge on any atom is -0.482 e. The molecule has 0 aromatic heterocycles.